The summed E-state index contributed by atoms with van der Waals surface area (Å²) in [5, 5.41) is 0. The van der Waals surface area contributed by atoms with E-state index in [4.69, 9.17) is 0 Å². The summed E-state index contributed by atoms with van der Waals surface area (Å²) in [6.07, 6.45) is 0.916. The molecule has 1 heterocycles. The normalized spacial score (nSPS) is 9.80. The van der Waals surface area contributed by atoms with Gasteiger partial charge in [-0.05, 0) is 6.92 Å². The number of rotatable bonds is 2. The van der Waals surface area contributed by atoms with E-state index in [2.05, 4.69) is 6.92 Å². The van der Waals surface area contributed by atoms with E-state index in [9.17, 15) is 4.79 Å². The van der Waals surface area contributed by atoms with Crippen molar-refractivity contribution >= 4 is 17.6 Å². The first kappa shape index (κ1) is 7.41. The molecule has 0 amide bonds. The predicted molar refractivity (Wildman–Crippen MR) is 40.1 cm³/mol. The molecule has 0 aliphatic heterocycles. The Balaban J connectivity index is 2.93. The minimum absolute atomic E-state index is 0.482. The fourth-order valence-electron chi connectivity index (χ4n) is 0.770. The van der Waals surface area contributed by atoms with Crippen molar-refractivity contribution in [2.45, 2.75) is 20.4 Å². The molecule has 0 aromatic carbocycles. The minimum atomic E-state index is 0.482. The molecule has 0 N–H and O–H groups in total. The zero-order valence-corrected chi connectivity index (χ0v) is 6.94. The first-order chi connectivity index (χ1) is 4.75. The van der Waals surface area contributed by atoms with Crippen molar-refractivity contribution in [2.75, 3.05) is 0 Å². The van der Waals surface area contributed by atoms with E-state index in [1.54, 1.807) is 11.3 Å². The molecule has 1 aromatic heterocycles. The lowest BCUT2D eigenvalue weighted by atomic mass is 10.4. The molecule has 0 aliphatic carbocycles. The van der Waals surface area contributed by atoms with Crippen LogP contribution in [0.2, 0.25) is 0 Å². The van der Waals surface area contributed by atoms with Crippen molar-refractivity contribution in [1.29, 1.82) is 0 Å². The molecule has 0 bridgehead atoms. The summed E-state index contributed by atoms with van der Waals surface area (Å²) >= 11 is 1.68. The smallest absolute Gasteiger partial charge is 0.225 e. The van der Waals surface area contributed by atoms with Gasteiger partial charge in [0.25, 0.3) is 0 Å². The van der Waals surface area contributed by atoms with Gasteiger partial charge in [-0.3, -0.25) is 4.79 Å². The maximum atomic E-state index is 10.1. The lowest BCUT2D eigenvalue weighted by molar-refractivity contribution is -0.684. The number of carbonyl (C=O) groups excluding carboxylic acids is 1. The van der Waals surface area contributed by atoms with Crippen LogP contribution in [0.1, 0.15) is 10.6 Å². The highest BCUT2D eigenvalue weighted by atomic mass is 32.1. The highest BCUT2D eigenvalue weighted by Crippen LogP contribution is 2.06. The number of aryl methyl sites for hydroxylation is 1. The van der Waals surface area contributed by atoms with Gasteiger partial charge in [0.15, 0.2) is 12.0 Å². The van der Waals surface area contributed by atoms with Crippen molar-refractivity contribution < 1.29 is 9.36 Å². The average molecular weight is 156 g/mol. The summed E-state index contributed by atoms with van der Waals surface area (Å²) in [5.41, 5.74) is 3.16. The van der Waals surface area contributed by atoms with E-state index in [0.29, 0.717) is 6.54 Å². The zero-order valence-electron chi connectivity index (χ0n) is 6.13. The van der Waals surface area contributed by atoms with Gasteiger partial charge in [-0.2, -0.15) is 4.57 Å². The summed E-state index contributed by atoms with van der Waals surface area (Å²) in [7, 11) is 0. The SMILES string of the molecule is Cc1sc[n+](CC=O)c1C. The molecule has 0 saturated carbocycles. The van der Waals surface area contributed by atoms with E-state index in [1.165, 1.54) is 10.6 Å². The highest BCUT2D eigenvalue weighted by molar-refractivity contribution is 7.09. The summed E-state index contributed by atoms with van der Waals surface area (Å²) in [5.74, 6) is 0. The molecular weight excluding hydrogens is 146 g/mol. The second-order valence-corrected chi connectivity index (χ2v) is 3.24. The van der Waals surface area contributed by atoms with Gasteiger partial charge < -0.3 is 0 Å². The van der Waals surface area contributed by atoms with E-state index in [1.807, 2.05) is 17.0 Å². The second-order valence-electron chi connectivity index (χ2n) is 2.18. The fraction of sp³-hybridized carbons (Fsp3) is 0.429. The Morgan fingerprint density at radius 2 is 2.40 bits per heavy atom. The van der Waals surface area contributed by atoms with E-state index >= 15 is 0 Å². The fourth-order valence-corrected chi connectivity index (χ4v) is 1.59. The van der Waals surface area contributed by atoms with Gasteiger partial charge in [0.1, 0.15) is 0 Å². The molecular formula is C7H10NOS+. The number of hydrogen-bond acceptors (Lipinski definition) is 2. The van der Waals surface area contributed by atoms with Crippen LogP contribution >= 0.6 is 11.3 Å². The van der Waals surface area contributed by atoms with Crippen LogP contribution in [0.5, 0.6) is 0 Å². The van der Waals surface area contributed by atoms with Gasteiger partial charge in [-0.15, -0.1) is 0 Å². The van der Waals surface area contributed by atoms with Crippen molar-refractivity contribution in [3.05, 3.63) is 16.1 Å². The maximum absolute atomic E-state index is 10.1. The first-order valence-corrected chi connectivity index (χ1v) is 4.01. The number of aromatic nitrogens is 1. The maximum Gasteiger partial charge on any atom is 0.225 e. The van der Waals surface area contributed by atoms with Crippen LogP contribution in [0.3, 0.4) is 0 Å². The molecule has 0 aliphatic rings. The molecule has 0 unspecified atom stereocenters. The Morgan fingerprint density at radius 3 is 2.80 bits per heavy atom. The van der Waals surface area contributed by atoms with Crippen LogP contribution in [-0.2, 0) is 11.3 Å². The molecule has 0 radical (unpaired) electrons. The Kier molecular flexibility index (Phi) is 2.17. The molecule has 1 aromatic rings. The first-order valence-electron chi connectivity index (χ1n) is 3.13. The molecule has 0 fully saturated rings. The molecule has 10 heavy (non-hydrogen) atoms. The molecule has 0 saturated heterocycles. The van der Waals surface area contributed by atoms with Crippen LogP contribution in [0.15, 0.2) is 5.51 Å². The van der Waals surface area contributed by atoms with E-state index in [0.717, 1.165) is 6.29 Å². The summed E-state index contributed by atoms with van der Waals surface area (Å²) in [6, 6.07) is 0. The Bertz CT molecular complexity index is 242. The summed E-state index contributed by atoms with van der Waals surface area (Å²) < 4.78 is 1.95. The lowest BCUT2D eigenvalue weighted by Gasteiger charge is -1.85. The number of hydrogen-bond donors (Lipinski definition) is 0. The number of aldehydes is 1. The van der Waals surface area contributed by atoms with Crippen molar-refractivity contribution in [2.24, 2.45) is 0 Å². The summed E-state index contributed by atoms with van der Waals surface area (Å²) in [4.78, 5) is 11.4. The monoisotopic (exact) mass is 156 g/mol. The third-order valence-corrected chi connectivity index (χ3v) is 2.58. The molecule has 3 heteroatoms. The second kappa shape index (κ2) is 2.92. The van der Waals surface area contributed by atoms with Gasteiger partial charge in [0.2, 0.25) is 12.1 Å². The molecule has 54 valence electrons. The van der Waals surface area contributed by atoms with Gasteiger partial charge >= 0.3 is 0 Å². The quantitative estimate of drug-likeness (QED) is 0.459. The highest BCUT2D eigenvalue weighted by Gasteiger charge is 2.09. The Labute approximate surface area is 64.1 Å². The van der Waals surface area contributed by atoms with Crippen molar-refractivity contribution in [1.82, 2.24) is 0 Å². The van der Waals surface area contributed by atoms with Crippen LogP contribution in [0, 0.1) is 13.8 Å². The summed E-state index contributed by atoms with van der Waals surface area (Å²) in [6.45, 7) is 4.56. The lowest BCUT2D eigenvalue weighted by Crippen LogP contribution is -2.34. The largest absolute Gasteiger partial charge is 0.296 e. The molecule has 0 spiro atoms. The number of carbonyl (C=O) groups is 1. The standard InChI is InChI=1S/C7H10NOS/c1-6-7(2)10-5-8(6)3-4-9/h4-5H,3H2,1-2H3/q+1. The minimum Gasteiger partial charge on any atom is -0.296 e. The van der Waals surface area contributed by atoms with Gasteiger partial charge in [0, 0.05) is 6.92 Å². The van der Waals surface area contributed by atoms with E-state index < -0.39 is 0 Å². The van der Waals surface area contributed by atoms with Crippen LogP contribution in [0.25, 0.3) is 0 Å². The van der Waals surface area contributed by atoms with Gasteiger partial charge in [-0.1, -0.05) is 11.3 Å². The van der Waals surface area contributed by atoms with Crippen molar-refractivity contribution in [3.8, 4) is 0 Å². The predicted octanol–water partition coefficient (Wildman–Crippen LogP) is 0.851. The Morgan fingerprint density at radius 1 is 1.70 bits per heavy atom. The van der Waals surface area contributed by atoms with E-state index in [-0.39, 0.29) is 0 Å². The molecule has 1 rings (SSSR count). The average Bonchev–Trinajstić information content (AvgIpc) is 2.20. The number of thiazole rings is 1. The molecule has 2 nitrogen and oxygen atoms in total. The van der Waals surface area contributed by atoms with Gasteiger partial charge in [0.05, 0.1) is 4.88 Å². The number of nitrogens with zero attached hydrogens (tertiary/aromatic N) is 1. The third kappa shape index (κ3) is 1.24. The van der Waals surface area contributed by atoms with Crippen LogP contribution < -0.4 is 4.57 Å². The van der Waals surface area contributed by atoms with Crippen molar-refractivity contribution in [3.63, 3.8) is 0 Å². The van der Waals surface area contributed by atoms with Crippen LogP contribution in [0.4, 0.5) is 0 Å². The van der Waals surface area contributed by atoms with Crippen LogP contribution in [-0.4, -0.2) is 6.29 Å². The molecule has 0 atom stereocenters. The third-order valence-electron chi connectivity index (χ3n) is 1.57. The topological polar surface area (TPSA) is 20.9 Å². The zero-order chi connectivity index (χ0) is 7.56. The Hall–Kier alpha value is -0.700. The van der Waals surface area contributed by atoms with Gasteiger partial charge in [-0.25, -0.2) is 0 Å².